The predicted molar refractivity (Wildman–Crippen MR) is 165 cm³/mol. The molecule has 224 valence electrons. The quantitative estimate of drug-likeness (QED) is 0.373. The van der Waals surface area contributed by atoms with Gasteiger partial charge < -0.3 is 19.5 Å². The van der Waals surface area contributed by atoms with E-state index in [0.717, 1.165) is 17.7 Å². The molecule has 0 spiro atoms. The molecule has 9 nitrogen and oxygen atoms in total. The molecule has 43 heavy (non-hydrogen) atoms. The Balaban J connectivity index is 1.15. The Morgan fingerprint density at radius 1 is 0.953 bits per heavy atom. The van der Waals surface area contributed by atoms with Crippen LogP contribution in [-0.2, 0) is 17.9 Å². The third kappa shape index (κ3) is 5.61. The third-order valence-electron chi connectivity index (χ3n) is 9.38. The number of amides is 2. The summed E-state index contributed by atoms with van der Waals surface area (Å²) < 4.78 is 3.41. The largest absolute Gasteiger partial charge is 0.388 e. The van der Waals surface area contributed by atoms with Gasteiger partial charge in [0.2, 0.25) is 5.91 Å². The van der Waals surface area contributed by atoms with Crippen LogP contribution in [0.25, 0.3) is 11.0 Å². The van der Waals surface area contributed by atoms with Crippen LogP contribution in [0.5, 0.6) is 0 Å². The average molecular weight is 582 g/mol. The Kier molecular flexibility index (Phi) is 7.92. The normalized spacial score (nSPS) is 20.3. The second-order valence-electron chi connectivity index (χ2n) is 12.0. The Morgan fingerprint density at radius 2 is 1.67 bits per heavy atom. The van der Waals surface area contributed by atoms with E-state index in [-0.39, 0.29) is 35.8 Å². The molecule has 2 aliphatic heterocycles. The van der Waals surface area contributed by atoms with Gasteiger partial charge >= 0.3 is 0 Å². The maximum absolute atomic E-state index is 14.0. The van der Waals surface area contributed by atoms with Crippen LogP contribution in [0.1, 0.15) is 53.6 Å². The molecule has 0 aliphatic carbocycles. The van der Waals surface area contributed by atoms with E-state index in [0.29, 0.717) is 62.0 Å². The van der Waals surface area contributed by atoms with E-state index >= 15 is 0 Å². The molecule has 2 amide bonds. The van der Waals surface area contributed by atoms with E-state index in [4.69, 9.17) is 0 Å². The van der Waals surface area contributed by atoms with Gasteiger partial charge in [-0.15, -0.1) is 0 Å². The van der Waals surface area contributed by atoms with E-state index in [1.165, 1.54) is 10.9 Å². The van der Waals surface area contributed by atoms with Crippen molar-refractivity contribution in [3.05, 3.63) is 100 Å². The second kappa shape index (κ2) is 11.8. The molecule has 0 saturated carbocycles. The molecule has 6 rings (SSSR count). The maximum atomic E-state index is 14.0. The van der Waals surface area contributed by atoms with E-state index < -0.39 is 5.60 Å². The molecule has 1 N–H and O–H groups in total. The molecule has 4 aromatic rings. The van der Waals surface area contributed by atoms with Gasteiger partial charge in [-0.1, -0.05) is 48.5 Å². The molecule has 2 atom stereocenters. The molecule has 4 heterocycles. The number of hydrogen-bond donors (Lipinski definition) is 1. The molecule has 0 radical (unpaired) electrons. The number of fused-ring (bicyclic) bond motifs is 1. The fraction of sp³-hybridized carbons (Fsp3) is 0.412. The lowest BCUT2D eigenvalue weighted by Gasteiger charge is -2.43. The summed E-state index contributed by atoms with van der Waals surface area (Å²) in [6.07, 6.45) is 4.70. The molecule has 9 heteroatoms. The first kappa shape index (κ1) is 28.9. The summed E-state index contributed by atoms with van der Waals surface area (Å²) in [6, 6.07) is 19.4. The van der Waals surface area contributed by atoms with Crippen LogP contribution in [0.15, 0.2) is 78.0 Å². The molecule has 0 unspecified atom stereocenters. The number of rotatable bonds is 6. The number of benzene rings is 2. The van der Waals surface area contributed by atoms with E-state index in [2.05, 4.69) is 4.98 Å². The highest BCUT2D eigenvalue weighted by Crippen LogP contribution is 2.36. The molecule has 2 aliphatic rings. The minimum absolute atomic E-state index is 0.00199. The number of carbonyl (C=O) groups excluding carboxylic acids is 2. The lowest BCUT2D eigenvalue weighted by Crippen LogP contribution is -2.53. The first-order valence-electron chi connectivity index (χ1n) is 15.2. The number of aliphatic hydroxyl groups is 1. The van der Waals surface area contributed by atoms with Gasteiger partial charge in [0.15, 0.2) is 0 Å². The van der Waals surface area contributed by atoms with E-state index in [1.807, 2.05) is 89.0 Å². The Morgan fingerprint density at radius 3 is 2.40 bits per heavy atom. The Bertz CT molecular complexity index is 1690. The minimum atomic E-state index is -1.11. The number of aryl methyl sites for hydroxylation is 2. The third-order valence-corrected chi connectivity index (χ3v) is 9.38. The van der Waals surface area contributed by atoms with Crippen LogP contribution in [0.4, 0.5) is 0 Å². The van der Waals surface area contributed by atoms with Gasteiger partial charge in [-0.3, -0.25) is 19.0 Å². The highest BCUT2D eigenvalue weighted by molar-refractivity contribution is 5.96. The van der Waals surface area contributed by atoms with Crippen molar-refractivity contribution in [2.75, 3.05) is 26.2 Å². The van der Waals surface area contributed by atoms with Crippen molar-refractivity contribution in [2.24, 2.45) is 5.92 Å². The highest BCUT2D eigenvalue weighted by atomic mass is 16.3. The van der Waals surface area contributed by atoms with Crippen LogP contribution in [-0.4, -0.2) is 72.6 Å². The molecular formula is C34H39N5O4. The van der Waals surface area contributed by atoms with Gasteiger partial charge in [0.05, 0.1) is 17.5 Å². The molecule has 0 bridgehead atoms. The van der Waals surface area contributed by atoms with Crippen LogP contribution >= 0.6 is 0 Å². The second-order valence-corrected chi connectivity index (χ2v) is 12.0. The average Bonchev–Trinajstić information content (AvgIpc) is 3.46. The summed E-state index contributed by atoms with van der Waals surface area (Å²) in [5, 5.41) is 12.0. The molecule has 2 aromatic heterocycles. The summed E-state index contributed by atoms with van der Waals surface area (Å²) in [5.41, 5.74) is 2.07. The molecule has 2 fully saturated rings. The first-order chi connectivity index (χ1) is 20.8. The van der Waals surface area contributed by atoms with Crippen LogP contribution < -0.4 is 5.56 Å². The van der Waals surface area contributed by atoms with Gasteiger partial charge in [0.25, 0.3) is 11.5 Å². The molecular weight excluding hydrogens is 542 g/mol. The number of likely N-dealkylation sites (tertiary alicyclic amines) is 2. The SMILES string of the molecule is CCn1ccc2c(=O)n(CC3(O)CCN(C(=O)[C@@H]4CCN(C(=O)c5ccccc5C)C[C@H]4c4ccccc4)CC3)cnc21. The lowest BCUT2D eigenvalue weighted by molar-refractivity contribution is -0.142. The maximum Gasteiger partial charge on any atom is 0.262 e. The standard InChI is InChI=1S/C34H39N5O4/c1-3-36-17-14-28-30(36)35-23-39(33(28)42)22-34(43)15-19-37(20-16-34)32(41)27-13-18-38(21-29(27)25-10-5-4-6-11-25)31(40)26-12-8-7-9-24(26)2/h4-12,14,17,23,27,29,43H,3,13,15-16,18-22H2,1-2H3/t27-,29+/m1/s1. The zero-order valence-corrected chi connectivity index (χ0v) is 24.9. The number of piperidine rings is 2. The monoisotopic (exact) mass is 581 g/mol. The predicted octanol–water partition coefficient (Wildman–Crippen LogP) is 3.83. The number of aromatic nitrogens is 3. The van der Waals surface area contributed by atoms with Gasteiger partial charge in [0.1, 0.15) is 12.0 Å². The summed E-state index contributed by atoms with van der Waals surface area (Å²) >= 11 is 0. The highest BCUT2D eigenvalue weighted by Gasteiger charge is 2.41. The van der Waals surface area contributed by atoms with Crippen molar-refractivity contribution in [1.82, 2.24) is 23.9 Å². The summed E-state index contributed by atoms with van der Waals surface area (Å²) in [7, 11) is 0. The van der Waals surface area contributed by atoms with Crippen LogP contribution in [0, 0.1) is 12.8 Å². The Hall–Kier alpha value is -4.24. The van der Waals surface area contributed by atoms with Gasteiger partial charge in [-0.05, 0) is 56.4 Å². The Labute approximate surface area is 251 Å². The molecule has 2 aromatic carbocycles. The van der Waals surface area contributed by atoms with Gasteiger partial charge in [0, 0.05) is 56.3 Å². The zero-order chi connectivity index (χ0) is 30.1. The van der Waals surface area contributed by atoms with Crippen molar-refractivity contribution in [2.45, 2.75) is 57.7 Å². The first-order valence-corrected chi connectivity index (χ1v) is 15.2. The lowest BCUT2D eigenvalue weighted by atomic mass is 9.79. The van der Waals surface area contributed by atoms with E-state index in [1.54, 1.807) is 6.07 Å². The van der Waals surface area contributed by atoms with Crippen molar-refractivity contribution in [3.8, 4) is 0 Å². The topological polar surface area (TPSA) is 101 Å². The number of nitrogens with zero attached hydrogens (tertiary/aromatic N) is 5. The van der Waals surface area contributed by atoms with Gasteiger partial charge in [-0.2, -0.15) is 0 Å². The zero-order valence-electron chi connectivity index (χ0n) is 24.9. The number of carbonyl (C=O) groups is 2. The van der Waals surface area contributed by atoms with Crippen LogP contribution in [0.2, 0.25) is 0 Å². The fourth-order valence-corrected chi connectivity index (χ4v) is 6.78. The van der Waals surface area contributed by atoms with Crippen molar-refractivity contribution in [3.63, 3.8) is 0 Å². The summed E-state index contributed by atoms with van der Waals surface area (Å²) in [5.74, 6) is -0.309. The van der Waals surface area contributed by atoms with Crippen molar-refractivity contribution >= 4 is 22.8 Å². The fourth-order valence-electron chi connectivity index (χ4n) is 6.78. The van der Waals surface area contributed by atoms with Gasteiger partial charge in [-0.25, -0.2) is 4.98 Å². The molecule has 2 saturated heterocycles. The minimum Gasteiger partial charge on any atom is -0.388 e. The van der Waals surface area contributed by atoms with E-state index in [9.17, 15) is 19.5 Å². The van der Waals surface area contributed by atoms with Crippen LogP contribution in [0.3, 0.4) is 0 Å². The summed E-state index contributed by atoms with van der Waals surface area (Å²) in [4.78, 5) is 48.8. The van der Waals surface area contributed by atoms with Crippen molar-refractivity contribution < 1.29 is 14.7 Å². The summed E-state index contributed by atoms with van der Waals surface area (Å²) in [6.45, 7) is 6.63. The number of hydrogen-bond acceptors (Lipinski definition) is 5. The smallest absolute Gasteiger partial charge is 0.262 e. The van der Waals surface area contributed by atoms with Crippen molar-refractivity contribution in [1.29, 1.82) is 0 Å².